The van der Waals surface area contributed by atoms with Gasteiger partial charge >= 0.3 is 5.92 Å². The number of nitrogens with zero attached hydrogens (tertiary/aromatic N) is 1. The summed E-state index contributed by atoms with van der Waals surface area (Å²) in [7, 11) is 1.26. The second kappa shape index (κ2) is 8.80. The van der Waals surface area contributed by atoms with Crippen LogP contribution < -0.4 is 15.4 Å². The van der Waals surface area contributed by atoms with Gasteiger partial charge in [0.2, 0.25) is 5.91 Å². The number of amides is 3. The molecule has 33 heavy (non-hydrogen) atoms. The summed E-state index contributed by atoms with van der Waals surface area (Å²) in [4.78, 5) is 39.0. The van der Waals surface area contributed by atoms with Gasteiger partial charge in [0.05, 0.1) is 12.7 Å². The summed E-state index contributed by atoms with van der Waals surface area (Å²) in [5.41, 5.74) is 1.25. The van der Waals surface area contributed by atoms with Gasteiger partial charge in [-0.3, -0.25) is 14.4 Å². The Bertz CT molecular complexity index is 1100. The largest absolute Gasteiger partial charge is 0.496 e. The lowest BCUT2D eigenvalue weighted by Crippen LogP contribution is -2.53. The van der Waals surface area contributed by atoms with Crippen molar-refractivity contribution in [2.24, 2.45) is 0 Å². The summed E-state index contributed by atoms with van der Waals surface area (Å²) in [5.74, 6) is -5.69. The van der Waals surface area contributed by atoms with Crippen LogP contribution in [0.5, 0.6) is 5.75 Å². The number of nitrogens with one attached hydrogen (secondary N) is 2. The zero-order valence-electron chi connectivity index (χ0n) is 18.4. The highest BCUT2D eigenvalue weighted by atomic mass is 19.3. The Morgan fingerprint density at radius 1 is 1.21 bits per heavy atom. The van der Waals surface area contributed by atoms with E-state index in [0.717, 1.165) is 12.5 Å². The van der Waals surface area contributed by atoms with Crippen molar-refractivity contribution in [2.75, 3.05) is 7.11 Å². The second-order valence-corrected chi connectivity index (χ2v) is 8.38. The van der Waals surface area contributed by atoms with Crippen molar-refractivity contribution >= 4 is 17.7 Å². The van der Waals surface area contributed by atoms with Gasteiger partial charge in [0.1, 0.15) is 11.8 Å². The number of halogens is 2. The zero-order chi connectivity index (χ0) is 23.8. The molecule has 2 aromatic rings. The molecule has 9 heteroatoms. The van der Waals surface area contributed by atoms with Crippen molar-refractivity contribution in [2.45, 2.75) is 50.9 Å². The first kappa shape index (κ1) is 22.7. The average molecular weight is 457 g/mol. The number of benzene rings is 2. The first-order valence-corrected chi connectivity index (χ1v) is 10.7. The zero-order valence-corrected chi connectivity index (χ0v) is 18.4. The van der Waals surface area contributed by atoms with Crippen LogP contribution in [0.15, 0.2) is 42.5 Å². The van der Waals surface area contributed by atoms with E-state index in [1.54, 1.807) is 29.2 Å². The van der Waals surface area contributed by atoms with Crippen LogP contribution in [0, 0.1) is 0 Å². The smallest absolute Gasteiger partial charge is 0.353 e. The number of carbonyl (C=O) groups excluding carboxylic acids is 3. The molecule has 4 rings (SSSR count). The van der Waals surface area contributed by atoms with Gasteiger partial charge in [-0.15, -0.1) is 0 Å². The predicted octanol–water partition coefficient (Wildman–Crippen LogP) is 2.73. The Labute approximate surface area is 190 Å². The van der Waals surface area contributed by atoms with E-state index in [0.29, 0.717) is 23.1 Å². The number of fused-ring (bicyclic) bond motifs is 1. The van der Waals surface area contributed by atoms with Crippen molar-refractivity contribution < 1.29 is 27.9 Å². The summed E-state index contributed by atoms with van der Waals surface area (Å²) in [6.07, 6.45) is 1.38. The molecule has 2 unspecified atom stereocenters. The molecule has 1 fully saturated rings. The van der Waals surface area contributed by atoms with Crippen LogP contribution in [0.2, 0.25) is 0 Å². The third-order valence-electron chi connectivity index (χ3n) is 6.13. The van der Waals surface area contributed by atoms with Crippen molar-refractivity contribution in [1.29, 1.82) is 0 Å². The number of hydrogen-bond acceptors (Lipinski definition) is 4. The van der Waals surface area contributed by atoms with Crippen LogP contribution in [0.1, 0.15) is 46.8 Å². The van der Waals surface area contributed by atoms with Crippen LogP contribution in [-0.4, -0.2) is 41.8 Å². The minimum Gasteiger partial charge on any atom is -0.496 e. The molecule has 2 N–H and O–H groups in total. The lowest BCUT2D eigenvalue weighted by Gasteiger charge is -2.33. The minimum absolute atomic E-state index is 0.0741. The highest BCUT2D eigenvalue weighted by Crippen LogP contribution is 2.35. The lowest BCUT2D eigenvalue weighted by molar-refractivity contribution is -0.147. The monoisotopic (exact) mass is 457 g/mol. The Balaban J connectivity index is 1.44. The van der Waals surface area contributed by atoms with Crippen molar-refractivity contribution in [3.8, 4) is 5.75 Å². The van der Waals surface area contributed by atoms with E-state index >= 15 is 0 Å². The van der Waals surface area contributed by atoms with E-state index in [1.165, 1.54) is 19.2 Å². The Kier molecular flexibility index (Phi) is 6.05. The van der Waals surface area contributed by atoms with Gasteiger partial charge in [-0.25, -0.2) is 0 Å². The summed E-state index contributed by atoms with van der Waals surface area (Å²) in [6, 6.07) is 9.97. The molecule has 2 atom stereocenters. The molecule has 0 aliphatic carbocycles. The maximum Gasteiger partial charge on any atom is 0.353 e. The lowest BCUT2D eigenvalue weighted by atomic mass is 10.00. The maximum absolute atomic E-state index is 14.7. The Morgan fingerprint density at radius 3 is 2.70 bits per heavy atom. The molecule has 2 aliphatic rings. The quantitative estimate of drug-likeness (QED) is 0.698. The fraction of sp³-hybridized carbons (Fsp3) is 0.375. The SMILES string of the molecule is COc1ccccc1C(F)(F)C(=O)NCc1ccc2c(c1)CN(C1CCC(C)NC1=O)C2=O. The summed E-state index contributed by atoms with van der Waals surface area (Å²) < 4.78 is 34.4. The number of methoxy groups -OCH3 is 1. The standard InChI is InChI=1S/C24H25F2N3O4/c1-14-7-10-19(21(30)28-14)29-13-16-11-15(8-9-17(16)22(29)31)12-27-23(32)24(25,26)18-5-3-4-6-20(18)33-2/h3-6,8-9,11,14,19H,7,10,12-13H2,1-2H3,(H,27,32)(H,28,30). The predicted molar refractivity (Wildman–Crippen MR) is 116 cm³/mol. The highest BCUT2D eigenvalue weighted by molar-refractivity contribution is 6.01. The van der Waals surface area contributed by atoms with Crippen LogP contribution in [0.3, 0.4) is 0 Å². The van der Waals surface area contributed by atoms with E-state index in [-0.39, 0.29) is 36.7 Å². The Morgan fingerprint density at radius 2 is 1.97 bits per heavy atom. The topological polar surface area (TPSA) is 87.7 Å². The highest BCUT2D eigenvalue weighted by Gasteiger charge is 2.43. The van der Waals surface area contributed by atoms with Gasteiger partial charge < -0.3 is 20.3 Å². The molecule has 2 aliphatic heterocycles. The molecule has 0 radical (unpaired) electrons. The first-order chi connectivity index (χ1) is 15.7. The van der Waals surface area contributed by atoms with Crippen LogP contribution >= 0.6 is 0 Å². The van der Waals surface area contributed by atoms with Gasteiger partial charge in [0, 0.05) is 24.7 Å². The molecule has 3 amide bonds. The average Bonchev–Trinajstić information content (AvgIpc) is 3.12. The maximum atomic E-state index is 14.7. The molecular formula is C24H25F2N3O4. The Hall–Kier alpha value is -3.49. The number of ether oxygens (including phenoxy) is 1. The van der Waals surface area contributed by atoms with Gasteiger partial charge in [0.25, 0.3) is 11.8 Å². The minimum atomic E-state index is -3.78. The molecule has 7 nitrogen and oxygen atoms in total. The fourth-order valence-electron chi connectivity index (χ4n) is 4.33. The van der Waals surface area contributed by atoms with E-state index in [1.807, 2.05) is 6.92 Å². The number of piperidine rings is 1. The van der Waals surface area contributed by atoms with Gasteiger partial charge in [-0.2, -0.15) is 8.78 Å². The third-order valence-corrected chi connectivity index (χ3v) is 6.13. The summed E-state index contributed by atoms with van der Waals surface area (Å²) >= 11 is 0. The molecule has 0 aromatic heterocycles. The van der Waals surface area contributed by atoms with Gasteiger partial charge in [0.15, 0.2) is 0 Å². The van der Waals surface area contributed by atoms with E-state index in [4.69, 9.17) is 4.74 Å². The normalized spacial score (nSPS) is 20.3. The van der Waals surface area contributed by atoms with Crippen molar-refractivity contribution in [1.82, 2.24) is 15.5 Å². The molecule has 0 spiro atoms. The number of para-hydroxylation sites is 1. The van der Waals surface area contributed by atoms with E-state index in [9.17, 15) is 23.2 Å². The number of carbonyl (C=O) groups is 3. The molecule has 0 saturated carbocycles. The molecule has 1 saturated heterocycles. The van der Waals surface area contributed by atoms with Crippen LogP contribution in [0.4, 0.5) is 8.78 Å². The molecule has 174 valence electrons. The number of rotatable bonds is 6. The summed E-state index contributed by atoms with van der Waals surface area (Å²) in [5, 5.41) is 5.14. The second-order valence-electron chi connectivity index (χ2n) is 8.38. The van der Waals surface area contributed by atoms with Crippen LogP contribution in [-0.2, 0) is 28.6 Å². The summed E-state index contributed by atoms with van der Waals surface area (Å²) in [6.45, 7) is 2.05. The van der Waals surface area contributed by atoms with Gasteiger partial charge in [-0.05, 0) is 49.1 Å². The molecular weight excluding hydrogens is 432 g/mol. The van der Waals surface area contributed by atoms with Crippen molar-refractivity contribution in [3.63, 3.8) is 0 Å². The van der Waals surface area contributed by atoms with Crippen LogP contribution in [0.25, 0.3) is 0 Å². The molecule has 2 aromatic carbocycles. The first-order valence-electron chi connectivity index (χ1n) is 10.7. The van der Waals surface area contributed by atoms with E-state index < -0.39 is 23.4 Å². The fourth-order valence-corrected chi connectivity index (χ4v) is 4.33. The third kappa shape index (κ3) is 4.27. The van der Waals surface area contributed by atoms with E-state index in [2.05, 4.69) is 10.6 Å². The van der Waals surface area contributed by atoms with Crippen molar-refractivity contribution in [3.05, 3.63) is 64.7 Å². The molecule has 2 heterocycles. The molecule has 0 bridgehead atoms. The van der Waals surface area contributed by atoms with Gasteiger partial charge in [-0.1, -0.05) is 24.3 Å². The number of hydrogen-bond donors (Lipinski definition) is 2. The number of alkyl halides is 2.